The summed E-state index contributed by atoms with van der Waals surface area (Å²) in [6, 6.07) is 4.15. The van der Waals surface area contributed by atoms with Crippen molar-refractivity contribution in [1.82, 2.24) is 4.31 Å². The van der Waals surface area contributed by atoms with Crippen LogP contribution in [0.25, 0.3) is 0 Å². The highest BCUT2D eigenvalue weighted by molar-refractivity contribution is 9.10. The molecule has 1 aliphatic rings. The molecule has 0 aliphatic carbocycles. The first-order chi connectivity index (χ1) is 9.26. The molecule has 7 heteroatoms. The Morgan fingerprint density at radius 2 is 2.20 bits per heavy atom. The van der Waals surface area contributed by atoms with Crippen molar-refractivity contribution in [3.8, 4) is 0 Å². The average molecular weight is 364 g/mol. The number of hydrogen-bond acceptors (Lipinski definition) is 4. The quantitative estimate of drug-likeness (QED) is 0.545. The van der Waals surface area contributed by atoms with Crippen LogP contribution in [0.4, 0.5) is 9.18 Å². The minimum absolute atomic E-state index is 0.291. The van der Waals surface area contributed by atoms with Crippen LogP contribution in [-0.2, 0) is 8.92 Å². The van der Waals surface area contributed by atoms with E-state index in [-0.39, 0.29) is 11.9 Å². The van der Waals surface area contributed by atoms with Crippen LogP contribution in [0.2, 0.25) is 0 Å². The molecule has 20 heavy (non-hydrogen) atoms. The molecule has 1 aromatic rings. The molecule has 2 rings (SSSR count). The molecular weight excluding hydrogens is 349 g/mol. The second kappa shape index (κ2) is 5.91. The van der Waals surface area contributed by atoms with E-state index in [1.54, 1.807) is 26.8 Å². The van der Waals surface area contributed by atoms with Gasteiger partial charge in [-0.05, 0) is 44.5 Å². The maximum absolute atomic E-state index is 13.5. The van der Waals surface area contributed by atoms with Gasteiger partial charge in [0, 0.05) is 4.47 Å². The lowest BCUT2D eigenvalue weighted by atomic mass is 10.1. The van der Waals surface area contributed by atoms with E-state index in [2.05, 4.69) is 15.9 Å². The molecule has 0 radical (unpaired) electrons. The summed E-state index contributed by atoms with van der Waals surface area (Å²) in [5.41, 5.74) is 0.0700. The highest BCUT2D eigenvalue weighted by Gasteiger charge is 2.36. The van der Waals surface area contributed by atoms with Crippen molar-refractivity contribution in [2.45, 2.75) is 32.4 Å². The van der Waals surface area contributed by atoms with Gasteiger partial charge in [0.2, 0.25) is 0 Å². The molecule has 1 fully saturated rings. The summed E-state index contributed by atoms with van der Waals surface area (Å²) in [7, 11) is 0. The second-order valence-corrected chi connectivity index (χ2v) is 7.08. The molecule has 0 aromatic heterocycles. The Bertz CT molecular complexity index is 501. The molecule has 0 spiro atoms. The molecular formula is C13H15BrFNO3S. The summed E-state index contributed by atoms with van der Waals surface area (Å²) in [4.78, 5) is 12.1. The Balaban J connectivity index is 2.20. The molecule has 0 unspecified atom stereocenters. The highest BCUT2D eigenvalue weighted by Crippen LogP contribution is 2.38. The van der Waals surface area contributed by atoms with Crippen LogP contribution in [0.3, 0.4) is 0 Å². The largest absolute Gasteiger partial charge is 0.443 e. The third kappa shape index (κ3) is 3.86. The van der Waals surface area contributed by atoms with Gasteiger partial charge in [-0.3, -0.25) is 4.18 Å². The molecule has 4 nitrogen and oxygen atoms in total. The van der Waals surface area contributed by atoms with Crippen LogP contribution >= 0.6 is 28.2 Å². The topological polar surface area (TPSA) is 38.8 Å². The van der Waals surface area contributed by atoms with Crippen LogP contribution < -0.4 is 0 Å². The predicted octanol–water partition coefficient (Wildman–Crippen LogP) is 4.46. The third-order valence-electron chi connectivity index (χ3n) is 2.49. The Morgan fingerprint density at radius 1 is 1.50 bits per heavy atom. The Hall–Kier alpha value is -0.790. The SMILES string of the molecule is CC(C)(C)OC(=O)N1SOC[C@@H]1c1cc(F)cc(Br)c1. The van der Waals surface area contributed by atoms with Gasteiger partial charge in [0.15, 0.2) is 0 Å². The van der Waals surface area contributed by atoms with E-state index in [4.69, 9.17) is 8.92 Å². The highest BCUT2D eigenvalue weighted by atomic mass is 79.9. The third-order valence-corrected chi connectivity index (χ3v) is 3.75. The number of rotatable bonds is 1. The van der Waals surface area contributed by atoms with Crippen molar-refractivity contribution < 1.29 is 18.1 Å². The average Bonchev–Trinajstić information content (AvgIpc) is 2.73. The van der Waals surface area contributed by atoms with Gasteiger partial charge >= 0.3 is 6.09 Å². The Kier molecular flexibility index (Phi) is 4.61. The van der Waals surface area contributed by atoms with E-state index in [9.17, 15) is 9.18 Å². The van der Waals surface area contributed by atoms with E-state index in [1.165, 1.54) is 16.4 Å². The maximum atomic E-state index is 13.5. The summed E-state index contributed by atoms with van der Waals surface area (Å²) >= 11 is 4.17. The van der Waals surface area contributed by atoms with Crippen LogP contribution in [-0.4, -0.2) is 22.6 Å². The van der Waals surface area contributed by atoms with Gasteiger partial charge in [-0.1, -0.05) is 15.9 Å². The normalized spacial score (nSPS) is 19.2. The molecule has 0 saturated carbocycles. The van der Waals surface area contributed by atoms with E-state index < -0.39 is 11.7 Å². The lowest BCUT2D eigenvalue weighted by molar-refractivity contribution is 0.0367. The summed E-state index contributed by atoms with van der Waals surface area (Å²) in [5.74, 6) is -0.365. The zero-order chi connectivity index (χ0) is 14.9. The Labute approximate surface area is 130 Å². The summed E-state index contributed by atoms with van der Waals surface area (Å²) in [6.07, 6.45) is -0.495. The van der Waals surface area contributed by atoms with Crippen LogP contribution in [0, 0.1) is 5.82 Å². The second-order valence-electron chi connectivity index (χ2n) is 5.38. The van der Waals surface area contributed by atoms with Gasteiger partial charge in [-0.25, -0.2) is 13.5 Å². The smallest absolute Gasteiger partial charge is 0.422 e. The number of nitrogens with zero attached hydrogens (tertiary/aromatic N) is 1. The van der Waals surface area contributed by atoms with Gasteiger partial charge in [0.05, 0.1) is 12.6 Å². The van der Waals surface area contributed by atoms with Crippen molar-refractivity contribution >= 4 is 34.3 Å². The number of carbonyl (C=O) groups is 1. The number of halogens is 2. The van der Waals surface area contributed by atoms with Crippen molar-refractivity contribution in [3.63, 3.8) is 0 Å². The first-order valence-corrected chi connectivity index (χ1v) is 7.53. The van der Waals surface area contributed by atoms with E-state index in [0.29, 0.717) is 16.6 Å². The number of hydrogen-bond donors (Lipinski definition) is 0. The fourth-order valence-electron chi connectivity index (χ4n) is 1.74. The molecule has 1 aliphatic heterocycles. The molecule has 0 bridgehead atoms. The van der Waals surface area contributed by atoms with Crippen LogP contribution in [0.15, 0.2) is 22.7 Å². The zero-order valence-corrected chi connectivity index (χ0v) is 13.8. The van der Waals surface area contributed by atoms with Crippen molar-refractivity contribution in [3.05, 3.63) is 34.1 Å². The van der Waals surface area contributed by atoms with Gasteiger partial charge in [-0.2, -0.15) is 0 Å². The van der Waals surface area contributed by atoms with Gasteiger partial charge in [-0.15, -0.1) is 0 Å². The number of ether oxygens (including phenoxy) is 1. The molecule has 0 N–H and O–H groups in total. The summed E-state index contributed by atoms with van der Waals surface area (Å²) < 4.78 is 26.0. The molecule has 1 atom stereocenters. The lowest BCUT2D eigenvalue weighted by Crippen LogP contribution is -2.33. The summed E-state index contributed by atoms with van der Waals surface area (Å²) in [6.45, 7) is 5.67. The van der Waals surface area contributed by atoms with E-state index >= 15 is 0 Å². The number of amides is 1. The van der Waals surface area contributed by atoms with Gasteiger partial charge < -0.3 is 4.74 Å². The maximum Gasteiger partial charge on any atom is 0.422 e. The number of carbonyl (C=O) groups excluding carboxylic acids is 1. The summed E-state index contributed by atoms with van der Waals surface area (Å²) in [5, 5.41) is 0. The first kappa shape index (κ1) is 15.6. The predicted molar refractivity (Wildman–Crippen MR) is 78.5 cm³/mol. The van der Waals surface area contributed by atoms with Crippen molar-refractivity contribution in [2.24, 2.45) is 0 Å². The van der Waals surface area contributed by atoms with Crippen LogP contribution in [0.1, 0.15) is 32.4 Å². The fourth-order valence-corrected chi connectivity index (χ4v) is 2.91. The zero-order valence-electron chi connectivity index (χ0n) is 11.4. The van der Waals surface area contributed by atoms with Crippen molar-refractivity contribution in [1.29, 1.82) is 0 Å². The molecule has 1 aromatic carbocycles. The molecule has 1 heterocycles. The van der Waals surface area contributed by atoms with E-state index in [0.717, 1.165) is 12.2 Å². The van der Waals surface area contributed by atoms with Crippen molar-refractivity contribution in [2.75, 3.05) is 6.61 Å². The monoisotopic (exact) mass is 363 g/mol. The standard InChI is InChI=1S/C13H15BrFNO3S/c1-13(2,3)19-12(17)16-11(7-18-20-16)8-4-9(14)6-10(15)5-8/h4-6,11H,7H2,1-3H3/t11-/m1/s1. The van der Waals surface area contributed by atoms with Gasteiger partial charge in [0.1, 0.15) is 23.6 Å². The first-order valence-electron chi connectivity index (χ1n) is 6.04. The minimum Gasteiger partial charge on any atom is -0.443 e. The molecule has 1 amide bonds. The lowest BCUT2D eigenvalue weighted by Gasteiger charge is -2.26. The molecule has 110 valence electrons. The fraction of sp³-hybridized carbons (Fsp3) is 0.462. The Morgan fingerprint density at radius 3 is 2.80 bits per heavy atom. The minimum atomic E-state index is -0.590. The van der Waals surface area contributed by atoms with Crippen LogP contribution in [0.5, 0.6) is 0 Å². The van der Waals surface area contributed by atoms with Gasteiger partial charge in [0.25, 0.3) is 0 Å². The molecule has 1 saturated heterocycles. The van der Waals surface area contributed by atoms with E-state index in [1.807, 2.05) is 0 Å². The number of benzene rings is 1.